The summed E-state index contributed by atoms with van der Waals surface area (Å²) >= 11 is 3.31. The number of rotatable bonds is 2. The largest absolute Gasteiger partial charge is 0.386 e. The molecule has 0 saturated carbocycles. The minimum atomic E-state index is -0.902. The van der Waals surface area contributed by atoms with Crippen molar-refractivity contribution in [2.45, 2.75) is 18.7 Å². The fourth-order valence-corrected chi connectivity index (χ4v) is 2.91. The van der Waals surface area contributed by atoms with Gasteiger partial charge in [-0.05, 0) is 29.3 Å². The van der Waals surface area contributed by atoms with Gasteiger partial charge in [-0.2, -0.15) is 0 Å². The summed E-state index contributed by atoms with van der Waals surface area (Å²) in [6.45, 7) is 0.702. The first kappa shape index (κ1) is 12.8. The first-order valence-corrected chi connectivity index (χ1v) is 6.90. The predicted molar refractivity (Wildman–Crippen MR) is 75.1 cm³/mol. The molecule has 4 heteroatoms. The van der Waals surface area contributed by atoms with E-state index in [4.69, 9.17) is 0 Å². The molecule has 0 bridgehead atoms. The Morgan fingerprint density at radius 3 is 2.89 bits per heavy atom. The van der Waals surface area contributed by atoms with Gasteiger partial charge in [0.2, 0.25) is 0 Å². The third-order valence-electron chi connectivity index (χ3n) is 3.50. The van der Waals surface area contributed by atoms with E-state index in [2.05, 4.69) is 21.2 Å². The number of aliphatic hydroxyl groups excluding tert-OH is 1. The van der Waals surface area contributed by atoms with Gasteiger partial charge in [-0.1, -0.05) is 40.2 Å². The summed E-state index contributed by atoms with van der Waals surface area (Å²) in [7, 11) is 0. The lowest BCUT2D eigenvalue weighted by molar-refractivity contribution is 0.129. The highest BCUT2D eigenvalue weighted by Crippen LogP contribution is 2.36. The summed E-state index contributed by atoms with van der Waals surface area (Å²) in [5.41, 5.74) is 2.50. The number of aliphatic hydroxyl groups is 1. The Bertz CT molecular complexity index is 617. The molecule has 0 aliphatic carbocycles. The summed E-state index contributed by atoms with van der Waals surface area (Å²) in [6.07, 6.45) is -0.902. The zero-order chi connectivity index (χ0) is 13.4. The Morgan fingerprint density at radius 2 is 2.05 bits per heavy atom. The molecule has 2 aromatic carbocycles. The van der Waals surface area contributed by atoms with Crippen LogP contribution in [0.2, 0.25) is 0 Å². The van der Waals surface area contributed by atoms with Gasteiger partial charge in [0.15, 0.2) is 0 Å². The van der Waals surface area contributed by atoms with Gasteiger partial charge < -0.3 is 10.4 Å². The Hall–Kier alpha value is -1.23. The van der Waals surface area contributed by atoms with Crippen molar-refractivity contribution in [3.63, 3.8) is 0 Å². The van der Waals surface area contributed by atoms with Gasteiger partial charge in [0.1, 0.15) is 11.9 Å². The quantitative estimate of drug-likeness (QED) is 0.887. The molecular weight excluding hydrogens is 309 g/mol. The maximum atomic E-state index is 13.8. The molecule has 1 heterocycles. The van der Waals surface area contributed by atoms with Gasteiger partial charge >= 0.3 is 0 Å². The van der Waals surface area contributed by atoms with Gasteiger partial charge in [0, 0.05) is 16.6 Å². The second-order valence-corrected chi connectivity index (χ2v) is 5.58. The van der Waals surface area contributed by atoms with Crippen LogP contribution >= 0.6 is 15.9 Å². The van der Waals surface area contributed by atoms with E-state index in [0.29, 0.717) is 12.1 Å². The fourth-order valence-electron chi connectivity index (χ4n) is 2.53. The second-order valence-electron chi connectivity index (χ2n) is 4.67. The molecule has 0 saturated heterocycles. The van der Waals surface area contributed by atoms with E-state index in [1.165, 1.54) is 6.07 Å². The van der Waals surface area contributed by atoms with Gasteiger partial charge in [-0.3, -0.25) is 0 Å². The fraction of sp³-hybridized carbons (Fsp3) is 0.200. The van der Waals surface area contributed by atoms with E-state index in [1.54, 1.807) is 12.1 Å². The summed E-state index contributed by atoms with van der Waals surface area (Å²) < 4.78 is 14.6. The second kappa shape index (κ2) is 5.04. The molecule has 1 aliphatic rings. The Labute approximate surface area is 119 Å². The lowest BCUT2D eigenvalue weighted by atomic mass is 9.96. The smallest absolute Gasteiger partial charge is 0.129 e. The highest BCUT2D eigenvalue weighted by molar-refractivity contribution is 9.10. The molecule has 0 radical (unpaired) electrons. The van der Waals surface area contributed by atoms with E-state index in [1.807, 2.05) is 24.3 Å². The molecule has 0 fully saturated rings. The molecule has 98 valence electrons. The van der Waals surface area contributed by atoms with Crippen LogP contribution in [0.1, 0.15) is 28.8 Å². The third-order valence-corrected chi connectivity index (χ3v) is 3.99. The molecule has 0 spiro atoms. The zero-order valence-corrected chi connectivity index (χ0v) is 11.7. The Balaban J connectivity index is 1.97. The van der Waals surface area contributed by atoms with Gasteiger partial charge in [0.25, 0.3) is 0 Å². The number of halogens is 2. The van der Waals surface area contributed by atoms with Crippen LogP contribution in [0.5, 0.6) is 0 Å². The number of fused-ring (bicyclic) bond motifs is 1. The minimum Gasteiger partial charge on any atom is -0.386 e. The van der Waals surface area contributed by atoms with Crippen LogP contribution in [0.4, 0.5) is 4.39 Å². The molecule has 3 rings (SSSR count). The van der Waals surface area contributed by atoms with Crippen LogP contribution in [0, 0.1) is 5.82 Å². The molecule has 2 nitrogen and oxygen atoms in total. The van der Waals surface area contributed by atoms with Crippen molar-refractivity contribution < 1.29 is 9.50 Å². The van der Waals surface area contributed by atoms with E-state index >= 15 is 0 Å². The summed E-state index contributed by atoms with van der Waals surface area (Å²) in [5.74, 6) is -0.387. The van der Waals surface area contributed by atoms with Crippen molar-refractivity contribution in [3.05, 3.63) is 69.4 Å². The molecule has 2 N–H and O–H groups in total. The average Bonchev–Trinajstić information content (AvgIpc) is 2.84. The van der Waals surface area contributed by atoms with Gasteiger partial charge in [0.05, 0.1) is 6.04 Å². The summed E-state index contributed by atoms with van der Waals surface area (Å²) in [4.78, 5) is 0. The topological polar surface area (TPSA) is 32.3 Å². The first-order chi connectivity index (χ1) is 9.16. The maximum absolute atomic E-state index is 13.8. The minimum absolute atomic E-state index is 0.264. The van der Waals surface area contributed by atoms with E-state index < -0.39 is 6.10 Å². The van der Waals surface area contributed by atoms with E-state index in [0.717, 1.165) is 15.6 Å². The van der Waals surface area contributed by atoms with Crippen LogP contribution in [-0.4, -0.2) is 5.11 Å². The average molecular weight is 322 g/mol. The third kappa shape index (κ3) is 2.31. The molecule has 2 aromatic rings. The van der Waals surface area contributed by atoms with E-state index in [9.17, 15) is 9.50 Å². The molecule has 2 unspecified atom stereocenters. The summed E-state index contributed by atoms with van der Waals surface area (Å²) in [5, 5.41) is 13.7. The van der Waals surface area contributed by atoms with Gasteiger partial charge in [-0.25, -0.2) is 4.39 Å². The monoisotopic (exact) mass is 321 g/mol. The van der Waals surface area contributed by atoms with Crippen molar-refractivity contribution in [1.29, 1.82) is 0 Å². The predicted octanol–water partition coefficient (Wildman–Crippen LogP) is 3.47. The number of hydrogen-bond donors (Lipinski definition) is 2. The zero-order valence-electron chi connectivity index (χ0n) is 10.1. The van der Waals surface area contributed by atoms with Crippen molar-refractivity contribution >= 4 is 15.9 Å². The highest BCUT2D eigenvalue weighted by Gasteiger charge is 2.30. The van der Waals surface area contributed by atoms with Crippen molar-refractivity contribution in [1.82, 2.24) is 5.32 Å². The van der Waals surface area contributed by atoms with Crippen LogP contribution < -0.4 is 5.32 Å². The molecule has 0 amide bonds. The number of benzene rings is 2. The van der Waals surface area contributed by atoms with Crippen LogP contribution in [0.15, 0.2) is 46.9 Å². The highest BCUT2D eigenvalue weighted by atomic mass is 79.9. The lowest BCUT2D eigenvalue weighted by Gasteiger charge is -2.20. The number of hydrogen-bond acceptors (Lipinski definition) is 2. The molecule has 19 heavy (non-hydrogen) atoms. The molecule has 1 aliphatic heterocycles. The normalized spacial score (nSPS) is 19.2. The van der Waals surface area contributed by atoms with Crippen molar-refractivity contribution in [2.75, 3.05) is 0 Å². The van der Waals surface area contributed by atoms with Gasteiger partial charge in [-0.15, -0.1) is 0 Å². The van der Waals surface area contributed by atoms with Crippen LogP contribution in [0.3, 0.4) is 0 Å². The summed E-state index contributed by atoms with van der Waals surface area (Å²) in [6, 6.07) is 12.2. The lowest BCUT2D eigenvalue weighted by Crippen LogP contribution is -2.21. The molecular formula is C15H13BrFNO. The standard InChI is InChI=1S/C15H13BrFNO/c16-10-5-6-13(17)12(7-10)15(19)14-11-4-2-1-3-9(11)8-18-14/h1-7,14-15,18-19H,8H2. The first-order valence-electron chi connectivity index (χ1n) is 6.11. The number of nitrogens with one attached hydrogen (secondary N) is 1. The molecule has 2 atom stereocenters. The van der Waals surface area contributed by atoms with E-state index in [-0.39, 0.29) is 11.9 Å². The Kier molecular flexibility index (Phi) is 3.39. The SMILES string of the molecule is OC(c1cc(Br)ccc1F)C1NCc2ccccc21. The Morgan fingerprint density at radius 1 is 1.26 bits per heavy atom. The maximum Gasteiger partial charge on any atom is 0.129 e. The van der Waals surface area contributed by atoms with Crippen LogP contribution in [0.25, 0.3) is 0 Å². The van der Waals surface area contributed by atoms with Crippen molar-refractivity contribution in [2.24, 2.45) is 0 Å². The van der Waals surface area contributed by atoms with Crippen molar-refractivity contribution in [3.8, 4) is 0 Å². The molecule has 0 aromatic heterocycles. The van der Waals surface area contributed by atoms with Crippen LogP contribution in [-0.2, 0) is 6.54 Å².